The van der Waals surface area contributed by atoms with Gasteiger partial charge in [-0.1, -0.05) is 5.57 Å². The molecule has 2 saturated heterocycles. The van der Waals surface area contributed by atoms with Crippen LogP contribution in [-0.4, -0.2) is 66.2 Å². The first-order chi connectivity index (χ1) is 14.9. The summed E-state index contributed by atoms with van der Waals surface area (Å²) in [5, 5.41) is 16.4. The third kappa shape index (κ3) is 4.77. The SMILES string of the molecule is CC1=C(CC(=O)N[C@H](C)C2C(F)CC(C#N)C[N+]2=O)C(=O)NC2CCNC(C(F)(F)F)C12. The molecule has 0 radical (unpaired) electrons. The Hall–Kier alpha value is -2.55. The number of fused-ring (bicyclic) bond motifs is 1. The predicted octanol–water partition coefficient (Wildman–Crippen LogP) is 1.27. The van der Waals surface area contributed by atoms with E-state index in [1.807, 2.05) is 6.07 Å². The molecule has 176 valence electrons. The second-order valence-electron chi connectivity index (χ2n) is 8.73. The lowest BCUT2D eigenvalue weighted by Crippen LogP contribution is -2.62. The minimum atomic E-state index is -4.52. The largest absolute Gasteiger partial charge is 0.404 e. The molecular weight excluding hydrogens is 434 g/mol. The quantitative estimate of drug-likeness (QED) is 0.432. The van der Waals surface area contributed by atoms with Crippen LogP contribution in [0.25, 0.3) is 0 Å². The van der Waals surface area contributed by atoms with Gasteiger partial charge in [-0.15, -0.1) is 0 Å². The molecule has 3 heterocycles. The number of nitroso groups, excluding NO2 is 1. The molecule has 0 aromatic heterocycles. The smallest absolute Gasteiger partial charge is 0.349 e. The van der Waals surface area contributed by atoms with Gasteiger partial charge in [0.1, 0.15) is 12.0 Å². The average molecular weight is 460 g/mol. The predicted molar refractivity (Wildman–Crippen MR) is 104 cm³/mol. The molecule has 3 aliphatic rings. The molecular formula is C20H26F4N5O3+. The van der Waals surface area contributed by atoms with E-state index in [-0.39, 0.29) is 30.7 Å². The first kappa shape index (κ1) is 24.1. The number of piperidine rings is 2. The minimum absolute atomic E-state index is 0.0575. The minimum Gasteiger partial charge on any atom is -0.349 e. The summed E-state index contributed by atoms with van der Waals surface area (Å²) >= 11 is 0. The third-order valence-corrected chi connectivity index (χ3v) is 6.57. The lowest BCUT2D eigenvalue weighted by molar-refractivity contribution is -0.610. The highest BCUT2D eigenvalue weighted by atomic mass is 19.4. The number of halogens is 4. The first-order valence-electron chi connectivity index (χ1n) is 10.5. The standard InChI is InChI=1S/C20H25F4N5O3/c1-9-12(19(31)28-14-3-4-26-18(16(9)14)20(22,23)24)6-15(30)27-10(2)17-13(21)5-11(7-25)8-29(17)32/h10-11,13-14,16-18,26H,3-6,8H2,1-2H3,(H-,27,28,30,31)/p+1/t10-,11?,13?,14?,16?,17?,18?/m1/s1. The van der Waals surface area contributed by atoms with E-state index in [4.69, 9.17) is 5.26 Å². The fraction of sp³-hybridized carbons (Fsp3) is 0.750. The van der Waals surface area contributed by atoms with Crippen LogP contribution in [0.5, 0.6) is 0 Å². The highest BCUT2D eigenvalue weighted by Gasteiger charge is 2.52. The number of rotatable bonds is 4. The molecule has 3 aliphatic heterocycles. The van der Waals surface area contributed by atoms with E-state index in [1.54, 1.807) is 0 Å². The summed E-state index contributed by atoms with van der Waals surface area (Å²) in [5.41, 5.74) is 0.136. The monoisotopic (exact) mass is 460 g/mol. The van der Waals surface area contributed by atoms with Gasteiger partial charge in [0.2, 0.25) is 18.4 Å². The molecule has 7 atom stereocenters. The van der Waals surface area contributed by atoms with Gasteiger partial charge in [0.15, 0.2) is 6.17 Å². The van der Waals surface area contributed by atoms with Gasteiger partial charge in [-0.05, 0) is 26.8 Å². The molecule has 3 rings (SSSR count). The van der Waals surface area contributed by atoms with Gasteiger partial charge < -0.3 is 16.0 Å². The number of nitriles is 1. The Balaban J connectivity index is 1.73. The molecule has 0 aromatic rings. The normalized spacial score (nSPS) is 34.3. The fourth-order valence-electron chi connectivity index (χ4n) is 5.03. The first-order valence-corrected chi connectivity index (χ1v) is 10.5. The number of carbonyl (C=O) groups is 2. The molecule has 0 spiro atoms. The van der Waals surface area contributed by atoms with Crippen molar-refractivity contribution in [2.45, 2.75) is 69.6 Å². The molecule has 8 nitrogen and oxygen atoms in total. The van der Waals surface area contributed by atoms with Crippen molar-refractivity contribution in [1.29, 1.82) is 5.26 Å². The lowest BCUT2D eigenvalue weighted by Gasteiger charge is -2.44. The number of nitrogens with zero attached hydrogens (tertiary/aromatic N) is 2. The molecule has 6 unspecified atom stereocenters. The molecule has 0 aliphatic carbocycles. The summed E-state index contributed by atoms with van der Waals surface area (Å²) < 4.78 is 55.4. The number of alkyl halides is 4. The van der Waals surface area contributed by atoms with Gasteiger partial charge >= 0.3 is 6.18 Å². The second-order valence-corrected chi connectivity index (χ2v) is 8.73. The van der Waals surface area contributed by atoms with Gasteiger partial charge in [0.05, 0.1) is 18.5 Å². The molecule has 12 heteroatoms. The molecule has 3 N–H and O–H groups in total. The van der Waals surface area contributed by atoms with Crippen LogP contribution in [-0.2, 0) is 9.59 Å². The van der Waals surface area contributed by atoms with Crippen LogP contribution in [0.3, 0.4) is 0 Å². The van der Waals surface area contributed by atoms with Gasteiger partial charge in [-0.3, -0.25) is 9.59 Å². The van der Waals surface area contributed by atoms with E-state index in [2.05, 4.69) is 16.0 Å². The van der Waals surface area contributed by atoms with E-state index in [0.717, 1.165) is 0 Å². The van der Waals surface area contributed by atoms with E-state index < -0.39 is 66.6 Å². The number of nitrogens with one attached hydrogen (secondary N) is 3. The molecule has 0 bridgehead atoms. The summed E-state index contributed by atoms with van der Waals surface area (Å²) in [6, 6.07) is -2.78. The maximum absolute atomic E-state index is 14.4. The highest BCUT2D eigenvalue weighted by molar-refractivity contribution is 6.00. The zero-order valence-corrected chi connectivity index (χ0v) is 17.7. The van der Waals surface area contributed by atoms with Gasteiger partial charge in [0.25, 0.3) is 6.04 Å². The van der Waals surface area contributed by atoms with Crippen LogP contribution in [0.2, 0.25) is 0 Å². The van der Waals surface area contributed by atoms with E-state index in [0.29, 0.717) is 11.2 Å². The fourth-order valence-corrected chi connectivity index (χ4v) is 5.03. The molecule has 0 aromatic carbocycles. The van der Waals surface area contributed by atoms with Crippen LogP contribution >= 0.6 is 0 Å². The molecule has 0 saturated carbocycles. The maximum atomic E-state index is 14.4. The van der Waals surface area contributed by atoms with Gasteiger partial charge in [-0.25, -0.2) is 4.39 Å². The topological polar surface area (TPSA) is 114 Å². The van der Waals surface area contributed by atoms with Gasteiger partial charge in [0, 0.05) is 33.6 Å². The third-order valence-electron chi connectivity index (χ3n) is 6.57. The highest BCUT2D eigenvalue weighted by Crippen LogP contribution is 2.38. The van der Waals surface area contributed by atoms with Crippen molar-refractivity contribution >= 4 is 11.8 Å². The van der Waals surface area contributed by atoms with Crippen LogP contribution in [0.15, 0.2) is 11.1 Å². The van der Waals surface area contributed by atoms with Crippen molar-refractivity contribution in [3.63, 3.8) is 0 Å². The summed E-state index contributed by atoms with van der Waals surface area (Å²) in [6.07, 6.45) is -6.42. The molecule has 2 fully saturated rings. The van der Waals surface area contributed by atoms with Crippen molar-refractivity contribution in [2.24, 2.45) is 11.8 Å². The Kier molecular flexibility index (Phi) is 6.88. The zero-order valence-electron chi connectivity index (χ0n) is 17.7. The Labute approximate surface area is 182 Å². The zero-order chi connectivity index (χ0) is 23.8. The van der Waals surface area contributed by atoms with Crippen LogP contribution in [0.1, 0.15) is 33.1 Å². The Bertz CT molecular complexity index is 868. The van der Waals surface area contributed by atoms with Crippen molar-refractivity contribution in [3.05, 3.63) is 16.1 Å². The van der Waals surface area contributed by atoms with Crippen LogP contribution < -0.4 is 16.0 Å². The van der Waals surface area contributed by atoms with Crippen molar-refractivity contribution in [3.8, 4) is 6.07 Å². The van der Waals surface area contributed by atoms with Crippen molar-refractivity contribution in [1.82, 2.24) is 16.0 Å². The average Bonchev–Trinajstić information content (AvgIpc) is 2.69. The number of hydrogen-bond acceptors (Lipinski definition) is 5. The van der Waals surface area contributed by atoms with Crippen LogP contribution in [0.4, 0.5) is 17.6 Å². The Morgan fingerprint density at radius 1 is 1.41 bits per heavy atom. The van der Waals surface area contributed by atoms with Crippen LogP contribution in [0, 0.1) is 28.1 Å². The molecule has 2 amide bonds. The summed E-state index contributed by atoms with van der Waals surface area (Å²) in [5.74, 6) is -3.07. The van der Waals surface area contributed by atoms with E-state index in [9.17, 15) is 32.1 Å². The summed E-state index contributed by atoms with van der Waals surface area (Å²) in [4.78, 5) is 37.2. The Morgan fingerprint density at radius 3 is 2.69 bits per heavy atom. The van der Waals surface area contributed by atoms with E-state index in [1.165, 1.54) is 13.8 Å². The second kappa shape index (κ2) is 9.13. The number of amides is 2. The number of carbonyl (C=O) groups excluding carboxylic acids is 2. The van der Waals surface area contributed by atoms with Gasteiger partial charge in [-0.2, -0.15) is 18.4 Å². The molecule has 32 heavy (non-hydrogen) atoms. The summed E-state index contributed by atoms with van der Waals surface area (Å²) in [6.45, 7) is 2.80. The summed E-state index contributed by atoms with van der Waals surface area (Å²) in [7, 11) is 0. The number of hydrogen-bond donors (Lipinski definition) is 3. The van der Waals surface area contributed by atoms with Crippen molar-refractivity contribution < 1.29 is 31.9 Å². The lowest BCUT2D eigenvalue weighted by atomic mass is 9.75. The van der Waals surface area contributed by atoms with E-state index >= 15 is 0 Å². The Morgan fingerprint density at radius 2 is 2.09 bits per heavy atom. The van der Waals surface area contributed by atoms with Crippen molar-refractivity contribution in [2.75, 3.05) is 13.1 Å². The maximum Gasteiger partial charge on any atom is 0.404 e.